The first-order valence-electron chi connectivity index (χ1n) is 4.64. The Morgan fingerprint density at radius 1 is 1.33 bits per heavy atom. The number of thiophene rings is 1. The lowest BCUT2D eigenvalue weighted by molar-refractivity contribution is -0.137. The maximum absolute atomic E-state index is 11.9. The average molecular weight is 238 g/mol. The normalized spacial score (nSPS) is 16.3. The Balaban J connectivity index is 2.44. The zero-order valence-corrected chi connectivity index (χ0v) is 9.16. The van der Waals surface area contributed by atoms with Gasteiger partial charge in [0.1, 0.15) is 0 Å². The second kappa shape index (κ2) is 4.53. The molecule has 1 rings (SSSR count). The Kier molecular flexibility index (Phi) is 3.78. The molecule has 86 valence electrons. The Morgan fingerprint density at radius 3 is 2.47 bits per heavy atom. The molecule has 1 unspecified atom stereocenters. The summed E-state index contributed by atoms with van der Waals surface area (Å²) in [6.45, 7) is 1.55. The van der Waals surface area contributed by atoms with Crippen LogP contribution in [0.2, 0.25) is 0 Å². The molecule has 0 aromatic carbocycles. The molecule has 1 aromatic heterocycles. The van der Waals surface area contributed by atoms with Crippen LogP contribution in [-0.2, 0) is 5.60 Å². The molecule has 0 aliphatic carbocycles. The topological polar surface area (TPSA) is 20.2 Å². The number of alkyl halides is 3. The lowest BCUT2D eigenvalue weighted by Gasteiger charge is -2.21. The van der Waals surface area contributed by atoms with Crippen LogP contribution in [0.25, 0.3) is 0 Å². The van der Waals surface area contributed by atoms with E-state index in [1.807, 2.05) is 0 Å². The van der Waals surface area contributed by atoms with Crippen LogP contribution in [0.4, 0.5) is 13.2 Å². The molecule has 0 aliphatic rings. The summed E-state index contributed by atoms with van der Waals surface area (Å²) in [6, 6.07) is 3.51. The molecule has 0 spiro atoms. The highest BCUT2D eigenvalue weighted by atomic mass is 32.1. The first-order valence-corrected chi connectivity index (χ1v) is 5.52. The highest BCUT2D eigenvalue weighted by Crippen LogP contribution is 2.32. The molecular formula is C10H13F3OS. The van der Waals surface area contributed by atoms with Gasteiger partial charge in [-0.15, -0.1) is 11.3 Å². The van der Waals surface area contributed by atoms with Crippen molar-refractivity contribution in [2.45, 2.75) is 38.0 Å². The van der Waals surface area contributed by atoms with E-state index < -0.39 is 18.2 Å². The van der Waals surface area contributed by atoms with E-state index in [1.165, 1.54) is 11.3 Å². The van der Waals surface area contributed by atoms with Gasteiger partial charge in [0.15, 0.2) is 0 Å². The van der Waals surface area contributed by atoms with E-state index in [9.17, 15) is 18.3 Å². The molecule has 15 heavy (non-hydrogen) atoms. The van der Waals surface area contributed by atoms with E-state index in [-0.39, 0.29) is 12.8 Å². The Bertz CT molecular complexity index is 290. The molecule has 0 aliphatic heterocycles. The van der Waals surface area contributed by atoms with Crippen LogP contribution < -0.4 is 0 Å². The Morgan fingerprint density at radius 2 is 2.00 bits per heavy atom. The van der Waals surface area contributed by atoms with Gasteiger partial charge in [0, 0.05) is 11.3 Å². The van der Waals surface area contributed by atoms with Crippen molar-refractivity contribution < 1.29 is 18.3 Å². The summed E-state index contributed by atoms with van der Waals surface area (Å²) in [5.74, 6) is 0. The third-order valence-electron chi connectivity index (χ3n) is 2.18. The fourth-order valence-electron chi connectivity index (χ4n) is 1.34. The largest absolute Gasteiger partial charge is 0.389 e. The first-order chi connectivity index (χ1) is 6.81. The van der Waals surface area contributed by atoms with Crippen molar-refractivity contribution >= 4 is 11.3 Å². The Labute approximate surface area is 90.6 Å². The zero-order chi connectivity index (χ0) is 11.5. The molecule has 0 bridgehead atoms. The van der Waals surface area contributed by atoms with Crippen molar-refractivity contribution in [3.05, 3.63) is 22.4 Å². The first kappa shape index (κ1) is 12.5. The molecule has 0 saturated heterocycles. The van der Waals surface area contributed by atoms with Gasteiger partial charge in [0.25, 0.3) is 0 Å². The SMILES string of the molecule is CC(O)(CCCC(F)(F)F)c1cccs1. The van der Waals surface area contributed by atoms with E-state index in [0.29, 0.717) is 4.88 Å². The van der Waals surface area contributed by atoms with Gasteiger partial charge in [-0.3, -0.25) is 0 Å². The summed E-state index contributed by atoms with van der Waals surface area (Å²) in [5.41, 5.74) is -1.14. The molecule has 0 radical (unpaired) electrons. The second-order valence-corrected chi connectivity index (χ2v) is 4.67. The zero-order valence-electron chi connectivity index (χ0n) is 8.34. The molecule has 1 aromatic rings. The number of halogens is 3. The van der Waals surface area contributed by atoms with Crippen LogP contribution in [0.1, 0.15) is 31.1 Å². The van der Waals surface area contributed by atoms with Gasteiger partial charge >= 0.3 is 6.18 Å². The van der Waals surface area contributed by atoms with Crippen LogP contribution in [0.15, 0.2) is 17.5 Å². The second-order valence-electron chi connectivity index (χ2n) is 3.72. The minimum atomic E-state index is -4.13. The predicted octanol–water partition coefficient (Wildman–Crippen LogP) is 3.69. The fraction of sp³-hybridized carbons (Fsp3) is 0.600. The summed E-state index contributed by atoms with van der Waals surface area (Å²) in [4.78, 5) is 0.713. The number of rotatable bonds is 4. The van der Waals surface area contributed by atoms with Crippen molar-refractivity contribution in [3.8, 4) is 0 Å². The monoisotopic (exact) mass is 238 g/mol. The maximum Gasteiger partial charge on any atom is 0.389 e. The summed E-state index contributed by atoms with van der Waals surface area (Å²) < 4.78 is 35.7. The van der Waals surface area contributed by atoms with Crippen molar-refractivity contribution in [1.82, 2.24) is 0 Å². The van der Waals surface area contributed by atoms with Crippen molar-refractivity contribution in [2.24, 2.45) is 0 Å². The third kappa shape index (κ3) is 4.22. The van der Waals surface area contributed by atoms with Crippen LogP contribution in [0, 0.1) is 0 Å². The lowest BCUT2D eigenvalue weighted by Crippen LogP contribution is -2.20. The molecule has 0 amide bonds. The van der Waals surface area contributed by atoms with E-state index in [0.717, 1.165) is 0 Å². The molecule has 1 nitrogen and oxygen atoms in total. The molecule has 0 fully saturated rings. The highest BCUT2D eigenvalue weighted by molar-refractivity contribution is 7.10. The van der Waals surface area contributed by atoms with Crippen molar-refractivity contribution in [1.29, 1.82) is 0 Å². The van der Waals surface area contributed by atoms with Gasteiger partial charge in [-0.2, -0.15) is 13.2 Å². The van der Waals surface area contributed by atoms with Crippen molar-refractivity contribution in [2.75, 3.05) is 0 Å². The molecule has 1 N–H and O–H groups in total. The smallest absolute Gasteiger partial charge is 0.385 e. The standard InChI is InChI=1S/C10H13F3OS/c1-9(14,8-4-2-7-15-8)5-3-6-10(11,12)13/h2,4,7,14H,3,5-6H2,1H3. The van der Waals surface area contributed by atoms with E-state index >= 15 is 0 Å². The summed E-state index contributed by atoms with van der Waals surface area (Å²) in [6.07, 6.45) is -4.89. The highest BCUT2D eigenvalue weighted by Gasteiger charge is 2.30. The van der Waals surface area contributed by atoms with Gasteiger partial charge in [0.2, 0.25) is 0 Å². The minimum Gasteiger partial charge on any atom is -0.385 e. The van der Waals surface area contributed by atoms with Crippen LogP contribution >= 0.6 is 11.3 Å². The summed E-state index contributed by atoms with van der Waals surface area (Å²) in [7, 11) is 0. The van der Waals surface area contributed by atoms with Crippen LogP contribution in [0.5, 0.6) is 0 Å². The van der Waals surface area contributed by atoms with Gasteiger partial charge < -0.3 is 5.11 Å². The van der Waals surface area contributed by atoms with Gasteiger partial charge in [-0.1, -0.05) is 6.07 Å². The lowest BCUT2D eigenvalue weighted by atomic mass is 9.97. The van der Waals surface area contributed by atoms with Gasteiger partial charge in [-0.25, -0.2) is 0 Å². The van der Waals surface area contributed by atoms with Gasteiger partial charge in [0.05, 0.1) is 5.60 Å². The van der Waals surface area contributed by atoms with E-state index in [2.05, 4.69) is 0 Å². The molecule has 1 atom stereocenters. The van der Waals surface area contributed by atoms with Crippen LogP contribution in [0.3, 0.4) is 0 Å². The Hall–Kier alpha value is -0.550. The molecular weight excluding hydrogens is 225 g/mol. The summed E-state index contributed by atoms with van der Waals surface area (Å²) in [5, 5.41) is 11.7. The quantitative estimate of drug-likeness (QED) is 0.848. The minimum absolute atomic E-state index is 0.0472. The van der Waals surface area contributed by atoms with Crippen molar-refractivity contribution in [3.63, 3.8) is 0 Å². The average Bonchev–Trinajstić information content (AvgIpc) is 2.52. The predicted molar refractivity (Wildman–Crippen MR) is 53.8 cm³/mol. The molecule has 5 heteroatoms. The third-order valence-corrected chi connectivity index (χ3v) is 3.30. The fourth-order valence-corrected chi connectivity index (χ4v) is 2.16. The van der Waals surface area contributed by atoms with Gasteiger partial charge in [-0.05, 0) is 31.2 Å². The maximum atomic E-state index is 11.9. The molecule has 1 heterocycles. The molecule has 0 saturated carbocycles. The summed E-state index contributed by atoms with van der Waals surface area (Å²) >= 11 is 1.36. The van der Waals surface area contributed by atoms with E-state index in [4.69, 9.17) is 0 Å². The number of hydrogen-bond acceptors (Lipinski definition) is 2. The number of aliphatic hydroxyl groups is 1. The van der Waals surface area contributed by atoms with E-state index in [1.54, 1.807) is 24.4 Å². The van der Waals surface area contributed by atoms with Crippen LogP contribution in [-0.4, -0.2) is 11.3 Å². The number of hydrogen-bond donors (Lipinski definition) is 1.